The van der Waals surface area contributed by atoms with Gasteiger partial charge in [0.2, 0.25) is 0 Å². The van der Waals surface area contributed by atoms with Crippen molar-refractivity contribution in [2.24, 2.45) is 0 Å². The number of halogens is 3. The van der Waals surface area contributed by atoms with Crippen molar-refractivity contribution in [1.29, 1.82) is 0 Å². The van der Waals surface area contributed by atoms with Gasteiger partial charge in [-0.05, 0) is 55.0 Å². The van der Waals surface area contributed by atoms with Gasteiger partial charge in [0.05, 0.1) is 29.7 Å². The Bertz CT molecular complexity index is 1360. The molecule has 0 aliphatic heterocycles. The number of carbonyl (C=O) groups excluding carboxylic acids is 1. The molecule has 1 heterocycles. The van der Waals surface area contributed by atoms with Gasteiger partial charge >= 0.3 is 6.18 Å². The molecule has 0 saturated carbocycles. The number of nitrogens with zero attached hydrogens (tertiary/aromatic N) is 2. The van der Waals surface area contributed by atoms with Crippen LogP contribution >= 0.6 is 0 Å². The van der Waals surface area contributed by atoms with E-state index in [0.717, 1.165) is 23.3 Å². The fourth-order valence-corrected chi connectivity index (χ4v) is 3.50. The minimum absolute atomic E-state index is 0.0787. The summed E-state index contributed by atoms with van der Waals surface area (Å²) in [5.74, 6) is -0.0783. The molecule has 0 fully saturated rings. The van der Waals surface area contributed by atoms with Crippen molar-refractivity contribution in [3.8, 4) is 11.3 Å². The number of carbonyl (C=O) groups is 1. The van der Waals surface area contributed by atoms with Crippen molar-refractivity contribution >= 4 is 23.1 Å². The van der Waals surface area contributed by atoms with Crippen LogP contribution in [0, 0.1) is 0 Å². The molecule has 3 aromatic carbocycles. The van der Waals surface area contributed by atoms with Crippen LogP contribution in [0.25, 0.3) is 11.3 Å². The molecule has 0 saturated heterocycles. The molecule has 0 bridgehead atoms. The van der Waals surface area contributed by atoms with Crippen molar-refractivity contribution in [2.75, 3.05) is 16.4 Å². The number of hydrogen-bond donors (Lipinski definition) is 3. The highest BCUT2D eigenvalue weighted by Gasteiger charge is 2.30. The van der Waals surface area contributed by atoms with Gasteiger partial charge in [0.15, 0.2) is 0 Å². The van der Waals surface area contributed by atoms with Crippen LogP contribution in [0.2, 0.25) is 0 Å². The van der Waals surface area contributed by atoms with E-state index in [1.165, 1.54) is 12.1 Å². The van der Waals surface area contributed by atoms with Crippen molar-refractivity contribution in [1.82, 2.24) is 9.97 Å². The lowest BCUT2D eigenvalue weighted by Gasteiger charge is -2.17. The Labute approximate surface area is 200 Å². The molecule has 0 aliphatic rings. The van der Waals surface area contributed by atoms with E-state index in [-0.39, 0.29) is 11.6 Å². The van der Waals surface area contributed by atoms with E-state index in [9.17, 15) is 18.0 Å². The van der Waals surface area contributed by atoms with E-state index in [2.05, 4.69) is 20.6 Å². The topological polar surface area (TPSA) is 92.9 Å². The number of nitrogens with one attached hydrogen (secondary N) is 2. The van der Waals surface area contributed by atoms with Crippen LogP contribution in [0.1, 0.15) is 34.5 Å². The summed E-state index contributed by atoms with van der Waals surface area (Å²) in [7, 11) is 0. The third-order valence-corrected chi connectivity index (χ3v) is 5.28. The number of alkyl halides is 3. The van der Waals surface area contributed by atoms with Crippen LogP contribution in [0.3, 0.4) is 0 Å². The second kappa shape index (κ2) is 9.84. The van der Waals surface area contributed by atoms with Crippen LogP contribution in [0.15, 0.2) is 85.2 Å². The molecule has 0 radical (unpaired) electrons. The van der Waals surface area contributed by atoms with Gasteiger partial charge < -0.3 is 16.4 Å². The minimum Gasteiger partial charge on any atom is -0.399 e. The molecule has 35 heavy (non-hydrogen) atoms. The summed E-state index contributed by atoms with van der Waals surface area (Å²) in [6.07, 6.45) is -1.27. The summed E-state index contributed by atoms with van der Waals surface area (Å²) in [4.78, 5) is 21.4. The molecular weight excluding hydrogens is 455 g/mol. The highest BCUT2D eigenvalue weighted by Crippen LogP contribution is 2.30. The van der Waals surface area contributed by atoms with Gasteiger partial charge in [0.1, 0.15) is 5.82 Å². The lowest BCUT2D eigenvalue weighted by molar-refractivity contribution is -0.137. The Hall–Kier alpha value is -4.40. The molecule has 1 aromatic heterocycles. The number of benzene rings is 3. The number of nitrogens with two attached hydrogens (primary N) is 1. The van der Waals surface area contributed by atoms with Crippen LogP contribution in [-0.4, -0.2) is 15.9 Å². The number of hydrogen-bond acceptors (Lipinski definition) is 5. The molecule has 6 nitrogen and oxygen atoms in total. The molecule has 0 aliphatic carbocycles. The number of amides is 1. The van der Waals surface area contributed by atoms with Gasteiger partial charge in [-0.3, -0.25) is 9.78 Å². The molecule has 4 N–H and O–H groups in total. The first kappa shape index (κ1) is 23.7. The molecule has 9 heteroatoms. The zero-order chi connectivity index (χ0) is 25.0. The lowest BCUT2D eigenvalue weighted by atomic mass is 10.1. The summed E-state index contributed by atoms with van der Waals surface area (Å²) in [6, 6.07) is 18.5. The van der Waals surface area contributed by atoms with Gasteiger partial charge in [0.25, 0.3) is 5.91 Å². The van der Waals surface area contributed by atoms with E-state index in [0.29, 0.717) is 22.9 Å². The smallest absolute Gasteiger partial charge is 0.399 e. The summed E-state index contributed by atoms with van der Waals surface area (Å²) >= 11 is 0. The summed E-state index contributed by atoms with van der Waals surface area (Å²) in [5.41, 5.74) is 8.33. The SMILES string of the molecule is C[C@H](Nc1cncc(-c2cccc(N)c2)n1)c1cccc(NC(=O)c2cccc(C(F)(F)F)c2)c1. The van der Waals surface area contributed by atoms with E-state index >= 15 is 0 Å². The summed E-state index contributed by atoms with van der Waals surface area (Å²) < 4.78 is 38.9. The number of rotatable bonds is 6. The molecule has 1 amide bonds. The Kier molecular flexibility index (Phi) is 6.68. The highest BCUT2D eigenvalue weighted by molar-refractivity contribution is 6.04. The fourth-order valence-electron chi connectivity index (χ4n) is 3.50. The van der Waals surface area contributed by atoms with E-state index < -0.39 is 17.6 Å². The number of nitrogen functional groups attached to an aromatic ring is 1. The minimum atomic E-state index is -4.52. The Morgan fingerprint density at radius 2 is 1.74 bits per heavy atom. The maximum Gasteiger partial charge on any atom is 0.416 e. The lowest BCUT2D eigenvalue weighted by Crippen LogP contribution is -2.14. The number of anilines is 3. The van der Waals surface area contributed by atoms with Gasteiger partial charge in [-0.1, -0.05) is 30.3 Å². The van der Waals surface area contributed by atoms with Crippen LogP contribution in [0.4, 0.5) is 30.4 Å². The molecular formula is C26H22F3N5O. The Morgan fingerprint density at radius 1 is 0.971 bits per heavy atom. The van der Waals surface area contributed by atoms with E-state index in [4.69, 9.17) is 5.73 Å². The predicted octanol–water partition coefficient (Wildman–Crippen LogP) is 6.17. The standard InChI is InChI=1S/C26H22F3N5O/c1-16(32-24-15-31-14-23(34-24)18-6-3-9-21(30)12-18)17-5-4-10-22(13-17)33-25(35)19-7-2-8-20(11-19)26(27,28)29/h2-16H,30H2,1H3,(H,32,34)(H,33,35)/t16-/m0/s1. The van der Waals surface area contributed by atoms with Crippen molar-refractivity contribution < 1.29 is 18.0 Å². The quantitative estimate of drug-likeness (QED) is 0.289. The first-order chi connectivity index (χ1) is 16.7. The molecule has 1 atom stereocenters. The summed E-state index contributed by atoms with van der Waals surface area (Å²) in [6.45, 7) is 1.92. The highest BCUT2D eigenvalue weighted by atomic mass is 19.4. The van der Waals surface area contributed by atoms with Gasteiger partial charge in [-0.2, -0.15) is 13.2 Å². The average molecular weight is 477 g/mol. The van der Waals surface area contributed by atoms with Crippen LogP contribution in [-0.2, 0) is 6.18 Å². The third kappa shape index (κ3) is 5.94. The zero-order valence-corrected chi connectivity index (χ0v) is 18.7. The zero-order valence-electron chi connectivity index (χ0n) is 18.7. The first-order valence-corrected chi connectivity index (χ1v) is 10.7. The van der Waals surface area contributed by atoms with Gasteiger partial charge in [-0.25, -0.2) is 4.98 Å². The Morgan fingerprint density at radius 3 is 2.51 bits per heavy atom. The van der Waals surface area contributed by atoms with E-state index in [1.807, 2.05) is 31.2 Å². The first-order valence-electron chi connectivity index (χ1n) is 10.7. The van der Waals surface area contributed by atoms with Crippen LogP contribution in [0.5, 0.6) is 0 Å². The van der Waals surface area contributed by atoms with Crippen LogP contribution < -0.4 is 16.4 Å². The molecule has 4 aromatic rings. The molecule has 0 unspecified atom stereocenters. The normalized spacial score (nSPS) is 12.1. The second-order valence-corrected chi connectivity index (χ2v) is 7.94. The third-order valence-electron chi connectivity index (χ3n) is 5.28. The fraction of sp³-hybridized carbons (Fsp3) is 0.115. The van der Waals surface area contributed by atoms with Crippen molar-refractivity contribution in [3.05, 3.63) is 102 Å². The second-order valence-electron chi connectivity index (χ2n) is 7.94. The van der Waals surface area contributed by atoms with Gasteiger partial charge in [0, 0.05) is 22.5 Å². The molecule has 178 valence electrons. The molecule has 4 rings (SSSR count). The Balaban J connectivity index is 1.47. The van der Waals surface area contributed by atoms with Gasteiger partial charge in [-0.15, -0.1) is 0 Å². The monoisotopic (exact) mass is 477 g/mol. The number of aromatic nitrogens is 2. The molecule has 0 spiro atoms. The van der Waals surface area contributed by atoms with Crippen molar-refractivity contribution in [3.63, 3.8) is 0 Å². The van der Waals surface area contributed by atoms with E-state index in [1.54, 1.807) is 36.7 Å². The average Bonchev–Trinajstić information content (AvgIpc) is 2.84. The maximum atomic E-state index is 13.0. The largest absolute Gasteiger partial charge is 0.416 e. The van der Waals surface area contributed by atoms with Crippen molar-refractivity contribution in [2.45, 2.75) is 19.1 Å². The maximum absolute atomic E-state index is 13.0. The summed E-state index contributed by atoms with van der Waals surface area (Å²) in [5, 5.41) is 5.93. The predicted molar refractivity (Wildman–Crippen MR) is 130 cm³/mol.